The topological polar surface area (TPSA) is 29.5 Å². The lowest BCUT2D eigenvalue weighted by molar-refractivity contribution is 0.0989. The van der Waals surface area contributed by atoms with Gasteiger partial charge >= 0.3 is 0 Å². The normalized spacial score (nSPS) is 13.1. The minimum atomic E-state index is 0.0574. The number of hydrogen-bond donors (Lipinski definition) is 0. The molecule has 21 heavy (non-hydrogen) atoms. The summed E-state index contributed by atoms with van der Waals surface area (Å²) in [5.41, 5.74) is 2.98. The molecule has 3 rings (SSSR count). The van der Waals surface area contributed by atoms with E-state index < -0.39 is 0 Å². The van der Waals surface area contributed by atoms with Crippen LogP contribution in [0.2, 0.25) is 0 Å². The van der Waals surface area contributed by atoms with Crippen molar-refractivity contribution >= 4 is 11.6 Å². The van der Waals surface area contributed by atoms with Gasteiger partial charge in [0.05, 0.1) is 6.61 Å². The molecule has 0 unspecified atom stereocenters. The zero-order valence-corrected chi connectivity index (χ0v) is 12.2. The van der Waals surface area contributed by atoms with Crippen LogP contribution in [0.1, 0.15) is 29.3 Å². The summed E-state index contributed by atoms with van der Waals surface area (Å²) < 4.78 is 5.55. The molecule has 1 heterocycles. The van der Waals surface area contributed by atoms with Crippen molar-refractivity contribution in [3.8, 4) is 5.75 Å². The first-order chi connectivity index (χ1) is 10.3. The Kier molecular flexibility index (Phi) is 3.91. The number of anilines is 1. The summed E-state index contributed by atoms with van der Waals surface area (Å²) in [6, 6.07) is 15.5. The monoisotopic (exact) mass is 281 g/mol. The number of para-hydroxylation sites is 1. The number of carbonyl (C=O) groups excluding carboxylic acids is 1. The van der Waals surface area contributed by atoms with Gasteiger partial charge in [-0.1, -0.05) is 25.1 Å². The Morgan fingerprint density at radius 3 is 2.67 bits per heavy atom. The smallest absolute Gasteiger partial charge is 0.258 e. The minimum Gasteiger partial charge on any atom is -0.494 e. The van der Waals surface area contributed by atoms with E-state index in [9.17, 15) is 4.79 Å². The fraction of sp³-hybridized carbons (Fsp3) is 0.278. The zero-order chi connectivity index (χ0) is 14.7. The Hall–Kier alpha value is -2.29. The van der Waals surface area contributed by atoms with Crippen LogP contribution in [-0.2, 0) is 6.42 Å². The molecule has 0 atom stereocenters. The Labute approximate surface area is 125 Å². The van der Waals surface area contributed by atoms with E-state index in [1.165, 1.54) is 5.56 Å². The van der Waals surface area contributed by atoms with Crippen LogP contribution in [0.25, 0.3) is 0 Å². The van der Waals surface area contributed by atoms with Crippen LogP contribution in [0.4, 0.5) is 5.69 Å². The minimum absolute atomic E-state index is 0.0574. The first-order valence-electron chi connectivity index (χ1n) is 7.42. The van der Waals surface area contributed by atoms with Crippen LogP contribution in [0, 0.1) is 0 Å². The van der Waals surface area contributed by atoms with E-state index in [2.05, 4.69) is 13.0 Å². The van der Waals surface area contributed by atoms with Gasteiger partial charge in [0.1, 0.15) is 5.75 Å². The van der Waals surface area contributed by atoms with Crippen molar-refractivity contribution < 1.29 is 9.53 Å². The molecule has 0 saturated heterocycles. The lowest BCUT2D eigenvalue weighted by atomic mass is 10.1. The van der Waals surface area contributed by atoms with E-state index in [1.54, 1.807) is 0 Å². The molecule has 0 saturated carbocycles. The van der Waals surface area contributed by atoms with Gasteiger partial charge in [-0.25, -0.2) is 0 Å². The van der Waals surface area contributed by atoms with E-state index in [0.717, 1.165) is 30.8 Å². The van der Waals surface area contributed by atoms with Gasteiger partial charge < -0.3 is 9.64 Å². The Morgan fingerprint density at radius 1 is 1.14 bits per heavy atom. The molecule has 2 aromatic rings. The third-order valence-corrected chi connectivity index (χ3v) is 3.71. The summed E-state index contributed by atoms with van der Waals surface area (Å²) in [6.45, 7) is 3.53. The average molecular weight is 281 g/mol. The second-order valence-electron chi connectivity index (χ2n) is 5.21. The van der Waals surface area contributed by atoms with Crippen molar-refractivity contribution in [2.24, 2.45) is 0 Å². The molecule has 2 aromatic carbocycles. The molecule has 1 aliphatic heterocycles. The number of ether oxygens (including phenoxy) is 1. The number of fused-ring (bicyclic) bond motifs is 1. The summed E-state index contributed by atoms with van der Waals surface area (Å²) in [7, 11) is 0. The fourth-order valence-corrected chi connectivity index (χ4v) is 2.62. The molecule has 1 amide bonds. The Bertz CT molecular complexity index is 634. The highest BCUT2D eigenvalue weighted by molar-refractivity contribution is 6.07. The quantitative estimate of drug-likeness (QED) is 0.855. The highest BCUT2D eigenvalue weighted by Gasteiger charge is 2.24. The van der Waals surface area contributed by atoms with Crippen molar-refractivity contribution in [3.05, 3.63) is 59.7 Å². The highest BCUT2D eigenvalue weighted by Crippen LogP contribution is 2.29. The van der Waals surface area contributed by atoms with E-state index in [-0.39, 0.29) is 5.91 Å². The van der Waals surface area contributed by atoms with E-state index >= 15 is 0 Å². The molecular weight excluding hydrogens is 262 g/mol. The van der Waals surface area contributed by atoms with Gasteiger partial charge in [0.15, 0.2) is 0 Å². The zero-order valence-electron chi connectivity index (χ0n) is 12.2. The maximum absolute atomic E-state index is 12.6. The second-order valence-corrected chi connectivity index (χ2v) is 5.21. The lowest BCUT2D eigenvalue weighted by Gasteiger charge is -2.17. The summed E-state index contributed by atoms with van der Waals surface area (Å²) >= 11 is 0. The molecule has 3 heteroatoms. The lowest BCUT2D eigenvalue weighted by Crippen LogP contribution is -2.28. The first kappa shape index (κ1) is 13.7. The summed E-state index contributed by atoms with van der Waals surface area (Å²) in [6.07, 6.45) is 1.91. The molecule has 0 N–H and O–H groups in total. The maximum atomic E-state index is 12.6. The van der Waals surface area contributed by atoms with E-state index in [1.807, 2.05) is 47.4 Å². The Balaban J connectivity index is 1.77. The largest absolute Gasteiger partial charge is 0.494 e. The van der Waals surface area contributed by atoms with E-state index in [0.29, 0.717) is 12.2 Å². The fourth-order valence-electron chi connectivity index (χ4n) is 2.62. The van der Waals surface area contributed by atoms with Crippen LogP contribution in [-0.4, -0.2) is 19.1 Å². The molecule has 0 radical (unpaired) electrons. The molecular formula is C18H19NO2. The first-order valence-corrected chi connectivity index (χ1v) is 7.42. The predicted molar refractivity (Wildman–Crippen MR) is 84.1 cm³/mol. The van der Waals surface area contributed by atoms with Crippen LogP contribution < -0.4 is 9.64 Å². The van der Waals surface area contributed by atoms with Crippen LogP contribution in [0.3, 0.4) is 0 Å². The summed E-state index contributed by atoms with van der Waals surface area (Å²) in [4.78, 5) is 14.5. The molecule has 0 aromatic heterocycles. The number of amides is 1. The number of nitrogens with zero attached hydrogens (tertiary/aromatic N) is 1. The number of rotatable bonds is 4. The van der Waals surface area contributed by atoms with Gasteiger partial charge in [-0.3, -0.25) is 4.79 Å². The van der Waals surface area contributed by atoms with Crippen LogP contribution in [0.15, 0.2) is 48.5 Å². The third-order valence-electron chi connectivity index (χ3n) is 3.71. The maximum Gasteiger partial charge on any atom is 0.258 e. The predicted octanol–water partition coefficient (Wildman–Crippen LogP) is 3.68. The van der Waals surface area contributed by atoms with Crippen LogP contribution >= 0.6 is 0 Å². The standard InChI is InChI=1S/C18H19NO2/c1-2-13-21-16-9-7-15(8-10-16)18(20)19-12-11-14-5-3-4-6-17(14)19/h3-10H,2,11-13H2,1H3. The van der Waals surface area contributed by atoms with Gasteiger partial charge in [0, 0.05) is 17.8 Å². The molecule has 108 valence electrons. The van der Waals surface area contributed by atoms with Gasteiger partial charge in [-0.15, -0.1) is 0 Å². The highest BCUT2D eigenvalue weighted by atomic mass is 16.5. The number of benzene rings is 2. The van der Waals surface area contributed by atoms with Crippen molar-refractivity contribution in [1.82, 2.24) is 0 Å². The van der Waals surface area contributed by atoms with Crippen molar-refractivity contribution in [3.63, 3.8) is 0 Å². The van der Waals surface area contributed by atoms with Gasteiger partial charge in [-0.05, 0) is 48.7 Å². The summed E-state index contributed by atoms with van der Waals surface area (Å²) in [5, 5.41) is 0. The van der Waals surface area contributed by atoms with Crippen molar-refractivity contribution in [1.29, 1.82) is 0 Å². The molecule has 3 nitrogen and oxygen atoms in total. The van der Waals surface area contributed by atoms with Gasteiger partial charge in [0.2, 0.25) is 0 Å². The third kappa shape index (κ3) is 2.77. The molecule has 1 aliphatic rings. The molecule has 0 spiro atoms. The molecule has 0 bridgehead atoms. The van der Waals surface area contributed by atoms with Crippen LogP contribution in [0.5, 0.6) is 5.75 Å². The van der Waals surface area contributed by atoms with Gasteiger partial charge in [-0.2, -0.15) is 0 Å². The molecule has 0 fully saturated rings. The Morgan fingerprint density at radius 2 is 1.90 bits per heavy atom. The molecule has 0 aliphatic carbocycles. The number of carbonyl (C=O) groups is 1. The second kappa shape index (κ2) is 6.00. The SMILES string of the molecule is CCCOc1ccc(C(=O)N2CCc3ccccc32)cc1. The van der Waals surface area contributed by atoms with E-state index in [4.69, 9.17) is 4.74 Å². The van der Waals surface area contributed by atoms with Gasteiger partial charge in [0.25, 0.3) is 5.91 Å². The average Bonchev–Trinajstić information content (AvgIpc) is 2.97. The summed E-state index contributed by atoms with van der Waals surface area (Å²) in [5.74, 6) is 0.872. The number of hydrogen-bond acceptors (Lipinski definition) is 2. The van der Waals surface area contributed by atoms with Crippen molar-refractivity contribution in [2.45, 2.75) is 19.8 Å². The van der Waals surface area contributed by atoms with Crippen molar-refractivity contribution in [2.75, 3.05) is 18.1 Å².